The number of hydrogen-bond donors (Lipinski definition) is 5. The number of nitriles is 1. The number of aliphatic hydroxyl groups is 2. The third-order valence-electron chi connectivity index (χ3n) is 5.58. The summed E-state index contributed by atoms with van der Waals surface area (Å²) in [5.41, 5.74) is -1.84. The van der Waals surface area contributed by atoms with Gasteiger partial charge < -0.3 is 30.1 Å². The number of rotatable bonds is 7. The maximum absolute atomic E-state index is 13.7. The quantitative estimate of drug-likeness (QED) is 0.202. The summed E-state index contributed by atoms with van der Waals surface area (Å²) < 4.78 is 95.3. The van der Waals surface area contributed by atoms with E-state index in [2.05, 4.69) is 20.4 Å². The maximum atomic E-state index is 13.7. The molecule has 2 fully saturated rings. The molecule has 4 rings (SSSR count). The third kappa shape index (κ3) is 4.65. The van der Waals surface area contributed by atoms with Crippen molar-refractivity contribution < 1.29 is 55.3 Å². The zero-order valence-corrected chi connectivity index (χ0v) is 19.3. The summed E-state index contributed by atoms with van der Waals surface area (Å²) in [5, 5.41) is 35.7. The molecule has 36 heavy (non-hydrogen) atoms. The van der Waals surface area contributed by atoms with Gasteiger partial charge in [0.25, 0.3) is 0 Å². The van der Waals surface area contributed by atoms with Gasteiger partial charge in [0.2, 0.25) is 5.82 Å². The minimum absolute atomic E-state index is 0.147. The number of aliphatic hydroxyl groups excluding tert-OH is 2. The molecule has 2 aliphatic rings. The molecule has 1 saturated heterocycles. The molecule has 20 heteroatoms. The van der Waals surface area contributed by atoms with E-state index in [1.54, 1.807) is 6.07 Å². The summed E-state index contributed by atoms with van der Waals surface area (Å²) in [6.07, 6.45) is -11.8. The van der Waals surface area contributed by atoms with Gasteiger partial charge in [0, 0.05) is 0 Å². The highest BCUT2D eigenvalue weighted by Crippen LogP contribution is 2.45. The summed E-state index contributed by atoms with van der Waals surface area (Å²) in [5.74, 6) is -6.35. The van der Waals surface area contributed by atoms with Gasteiger partial charge in [-0.2, -0.15) is 24.1 Å². The zero-order valence-electron chi connectivity index (χ0n) is 17.6. The number of ether oxygens (including phenoxy) is 1. The lowest BCUT2D eigenvalue weighted by Gasteiger charge is -2.42. The fraction of sp³-hybridized carbons (Fsp3) is 0.625. The van der Waals surface area contributed by atoms with E-state index in [-0.39, 0.29) is 11.0 Å². The molecule has 0 spiro atoms. The molecular formula is C16H17F4N6O8PS. The Balaban J connectivity index is 1.64. The molecule has 0 bridgehead atoms. The Bertz CT molecular complexity index is 1370. The third-order valence-corrected chi connectivity index (χ3v) is 9.34. The van der Waals surface area contributed by atoms with Crippen molar-refractivity contribution in [1.29, 1.82) is 5.26 Å². The topological polar surface area (TPSA) is 221 Å². The average Bonchev–Trinajstić information content (AvgIpc) is 3.30. The first-order valence-electron chi connectivity index (χ1n) is 9.90. The number of fused-ring (bicyclic) bond motifs is 1. The molecule has 2 unspecified atom stereocenters. The van der Waals surface area contributed by atoms with E-state index >= 15 is 0 Å². The average molecular weight is 560 g/mol. The highest BCUT2D eigenvalue weighted by Gasteiger charge is 2.67. The number of nitrogens with zero attached hydrogens (tertiary/aromatic N) is 5. The Labute approximate surface area is 198 Å². The first-order chi connectivity index (χ1) is 16.6. The molecular weight excluding hydrogens is 543 g/mol. The van der Waals surface area contributed by atoms with E-state index < -0.39 is 89.2 Å². The number of anilines is 1. The van der Waals surface area contributed by atoms with Crippen LogP contribution in [-0.4, -0.2) is 102 Å². The van der Waals surface area contributed by atoms with E-state index in [1.165, 1.54) is 0 Å². The van der Waals surface area contributed by atoms with Crippen LogP contribution in [0.2, 0.25) is 0 Å². The SMILES string of the molecule is N#Cc1nc(NC2C(F)C(F)(F)C2F)c2cnn([C@@H]3O[C@H](CS(=O)(=O)CP(=O)(O)O)[C@@H](O)[C@H]3O)c2n1. The molecule has 0 radical (unpaired) electrons. The van der Waals surface area contributed by atoms with E-state index in [9.17, 15) is 46.0 Å². The second kappa shape index (κ2) is 8.83. The predicted octanol–water partition coefficient (Wildman–Crippen LogP) is -1.03. The van der Waals surface area contributed by atoms with Gasteiger partial charge in [0.1, 0.15) is 36.2 Å². The lowest BCUT2D eigenvalue weighted by molar-refractivity contribution is -0.207. The Kier molecular flexibility index (Phi) is 6.53. The van der Waals surface area contributed by atoms with Crippen molar-refractivity contribution >= 4 is 34.3 Å². The Morgan fingerprint density at radius 3 is 2.44 bits per heavy atom. The Hall–Kier alpha value is -2.46. The minimum Gasteiger partial charge on any atom is -0.387 e. The van der Waals surface area contributed by atoms with Crippen LogP contribution in [0.3, 0.4) is 0 Å². The molecule has 2 aromatic heterocycles. The molecule has 6 atom stereocenters. The first kappa shape index (κ1) is 26.6. The van der Waals surface area contributed by atoms with Gasteiger partial charge in [0.15, 0.2) is 39.5 Å². The van der Waals surface area contributed by atoms with Crippen LogP contribution < -0.4 is 5.32 Å². The van der Waals surface area contributed by atoms with Crippen molar-refractivity contribution in [3.63, 3.8) is 0 Å². The molecule has 1 aliphatic heterocycles. The van der Waals surface area contributed by atoms with Crippen molar-refractivity contribution in [3.05, 3.63) is 12.0 Å². The van der Waals surface area contributed by atoms with Crippen LogP contribution in [0.1, 0.15) is 12.1 Å². The minimum atomic E-state index is -4.98. The maximum Gasteiger partial charge on any atom is 0.340 e. The van der Waals surface area contributed by atoms with Crippen LogP contribution in [0.4, 0.5) is 23.4 Å². The van der Waals surface area contributed by atoms with Crippen LogP contribution in [0, 0.1) is 11.3 Å². The van der Waals surface area contributed by atoms with Crippen molar-refractivity contribution in [3.8, 4) is 6.07 Å². The first-order valence-corrected chi connectivity index (χ1v) is 13.5. The van der Waals surface area contributed by atoms with Gasteiger partial charge >= 0.3 is 13.5 Å². The summed E-state index contributed by atoms with van der Waals surface area (Å²) in [4.78, 5) is 25.4. The second-order valence-electron chi connectivity index (χ2n) is 8.23. The van der Waals surface area contributed by atoms with Gasteiger partial charge in [-0.05, 0) is 0 Å². The fourth-order valence-electron chi connectivity index (χ4n) is 3.86. The number of halogens is 4. The normalized spacial score (nSPS) is 32.2. The molecule has 198 valence electrons. The smallest absolute Gasteiger partial charge is 0.340 e. The summed E-state index contributed by atoms with van der Waals surface area (Å²) >= 11 is 0. The van der Waals surface area contributed by atoms with Crippen molar-refractivity contribution in [1.82, 2.24) is 19.7 Å². The zero-order chi connectivity index (χ0) is 26.8. The lowest BCUT2D eigenvalue weighted by Crippen LogP contribution is -2.67. The van der Waals surface area contributed by atoms with Gasteiger partial charge in [-0.1, -0.05) is 0 Å². The van der Waals surface area contributed by atoms with Gasteiger partial charge in [-0.15, -0.1) is 0 Å². The highest BCUT2D eigenvalue weighted by atomic mass is 32.2. The van der Waals surface area contributed by atoms with E-state index in [0.29, 0.717) is 0 Å². The van der Waals surface area contributed by atoms with E-state index in [1.807, 2.05) is 0 Å². The van der Waals surface area contributed by atoms with Gasteiger partial charge in [0.05, 0.1) is 17.3 Å². The van der Waals surface area contributed by atoms with Gasteiger partial charge in [-0.3, -0.25) is 4.57 Å². The van der Waals surface area contributed by atoms with Crippen LogP contribution >= 0.6 is 7.60 Å². The monoisotopic (exact) mass is 560 g/mol. The lowest BCUT2D eigenvalue weighted by atomic mass is 9.83. The number of alkyl halides is 4. The van der Waals surface area contributed by atoms with Gasteiger partial charge in [-0.25, -0.2) is 26.9 Å². The molecule has 3 heterocycles. The standard InChI is InChI=1S/C16H17F4N6O8PS/c17-11-8(12(18)16(11,19)20)25-13-5-2-22-26(14(5)24-7(1-21)23-13)15-10(28)9(27)6(34-15)3-36(32,33)4-35(29,30)31/h2,6,8-12,15,27-28H,3-4H2,(H,23,24,25)(H2,29,30,31)/t6-,8?,9-,10-,11?,12?,15-/m1/s1. The van der Waals surface area contributed by atoms with Crippen LogP contribution in [0.5, 0.6) is 0 Å². The molecule has 1 saturated carbocycles. The number of nitrogens with one attached hydrogen (secondary N) is 1. The predicted molar refractivity (Wildman–Crippen MR) is 109 cm³/mol. The Morgan fingerprint density at radius 1 is 1.22 bits per heavy atom. The van der Waals surface area contributed by atoms with Crippen molar-refractivity contribution in [2.24, 2.45) is 0 Å². The van der Waals surface area contributed by atoms with Crippen LogP contribution in [0.25, 0.3) is 11.0 Å². The molecule has 5 N–H and O–H groups in total. The summed E-state index contributed by atoms with van der Waals surface area (Å²) in [6, 6.07) is -0.456. The number of hydrogen-bond acceptors (Lipinski definition) is 11. The molecule has 1 aliphatic carbocycles. The Morgan fingerprint density at radius 2 is 1.86 bits per heavy atom. The second-order valence-corrected chi connectivity index (χ2v) is 12.4. The highest BCUT2D eigenvalue weighted by molar-refractivity contribution is 7.97. The van der Waals surface area contributed by atoms with E-state index in [0.717, 1.165) is 10.9 Å². The van der Waals surface area contributed by atoms with Crippen LogP contribution in [0.15, 0.2) is 6.20 Å². The number of sulfone groups is 1. The molecule has 2 aromatic rings. The van der Waals surface area contributed by atoms with Crippen molar-refractivity contribution in [2.45, 2.75) is 48.8 Å². The summed E-state index contributed by atoms with van der Waals surface area (Å²) in [7, 11) is -9.44. The molecule has 0 amide bonds. The molecule has 14 nitrogen and oxygen atoms in total. The fourth-order valence-corrected chi connectivity index (χ4v) is 7.11. The summed E-state index contributed by atoms with van der Waals surface area (Å²) in [6.45, 7) is 0. The molecule has 0 aromatic carbocycles. The van der Waals surface area contributed by atoms with Crippen LogP contribution in [-0.2, 0) is 19.1 Å². The van der Waals surface area contributed by atoms with Crippen molar-refractivity contribution in [2.75, 3.05) is 16.6 Å². The number of aromatic nitrogens is 4. The largest absolute Gasteiger partial charge is 0.387 e. The van der Waals surface area contributed by atoms with E-state index in [4.69, 9.17) is 14.5 Å².